The molecule has 0 bridgehead atoms. The largest absolute Gasteiger partial charge is 0.422 e. The molecule has 1 aromatic carbocycles. The Hall–Kier alpha value is -2.68. The fourth-order valence-electron chi connectivity index (χ4n) is 3.70. The molecule has 152 valence electrons. The maximum absolute atomic E-state index is 12.6. The molecule has 2 saturated heterocycles. The molecule has 1 amide bonds. The highest BCUT2D eigenvalue weighted by Gasteiger charge is 2.39. The Balaban J connectivity index is 1.71. The number of amides is 1. The van der Waals surface area contributed by atoms with Crippen molar-refractivity contribution in [3.8, 4) is 5.75 Å². The van der Waals surface area contributed by atoms with Crippen LogP contribution in [0.25, 0.3) is 0 Å². The summed E-state index contributed by atoms with van der Waals surface area (Å²) in [5.74, 6) is 0.657. The van der Waals surface area contributed by atoms with Crippen molar-refractivity contribution in [3.63, 3.8) is 0 Å². The van der Waals surface area contributed by atoms with Crippen molar-refractivity contribution in [1.82, 2.24) is 9.80 Å². The molecule has 9 nitrogen and oxygen atoms in total. The van der Waals surface area contributed by atoms with Gasteiger partial charge in [-0.1, -0.05) is 19.1 Å². The van der Waals surface area contributed by atoms with E-state index in [1.807, 2.05) is 32.9 Å². The lowest BCUT2D eigenvalue weighted by molar-refractivity contribution is -0.486. The Morgan fingerprint density at radius 2 is 2.21 bits per heavy atom. The van der Waals surface area contributed by atoms with Crippen molar-refractivity contribution >= 4 is 12.1 Å². The number of nitrogens with zero attached hydrogens (tertiary/aromatic N) is 4. The van der Waals surface area contributed by atoms with E-state index in [1.54, 1.807) is 17.0 Å². The summed E-state index contributed by atoms with van der Waals surface area (Å²) in [6.07, 6.45) is 1.000. The van der Waals surface area contributed by atoms with Crippen LogP contribution in [0.5, 0.6) is 5.75 Å². The molecule has 9 heteroatoms. The predicted octanol–water partition coefficient (Wildman–Crippen LogP) is 2.73. The average molecular weight is 390 g/mol. The van der Waals surface area contributed by atoms with Crippen LogP contribution in [-0.4, -0.2) is 58.7 Å². The topological polar surface area (TPSA) is 97.5 Å². The SMILES string of the molecule is CCc1cccc(OC(=O)N2CCN(CC3COC(C)(C)C3)C2=N[N+](=O)[O-])c1. The maximum Gasteiger partial charge on any atom is 0.422 e. The molecule has 1 unspecified atom stereocenters. The molecule has 3 rings (SSSR count). The van der Waals surface area contributed by atoms with E-state index in [2.05, 4.69) is 5.10 Å². The highest BCUT2D eigenvalue weighted by Crippen LogP contribution is 2.30. The first-order valence-corrected chi connectivity index (χ1v) is 9.47. The average Bonchev–Trinajstić information content (AvgIpc) is 3.17. The molecule has 28 heavy (non-hydrogen) atoms. The Bertz CT molecular complexity index is 779. The van der Waals surface area contributed by atoms with Gasteiger partial charge in [-0.15, -0.1) is 0 Å². The van der Waals surface area contributed by atoms with Crippen molar-refractivity contribution in [1.29, 1.82) is 0 Å². The van der Waals surface area contributed by atoms with Gasteiger partial charge in [0.15, 0.2) is 5.03 Å². The number of guanidine groups is 1. The van der Waals surface area contributed by atoms with Gasteiger partial charge in [-0.05, 0) is 44.4 Å². The van der Waals surface area contributed by atoms with E-state index in [4.69, 9.17) is 9.47 Å². The van der Waals surface area contributed by atoms with Gasteiger partial charge in [0.1, 0.15) is 10.9 Å². The van der Waals surface area contributed by atoms with Crippen LogP contribution in [0.15, 0.2) is 29.4 Å². The summed E-state index contributed by atoms with van der Waals surface area (Å²) >= 11 is 0. The molecular weight excluding hydrogens is 364 g/mol. The molecule has 0 radical (unpaired) electrons. The second kappa shape index (κ2) is 8.14. The summed E-state index contributed by atoms with van der Waals surface area (Å²) in [5.41, 5.74) is 0.838. The summed E-state index contributed by atoms with van der Waals surface area (Å²) in [4.78, 5) is 26.7. The molecule has 0 N–H and O–H groups in total. The third-order valence-corrected chi connectivity index (χ3v) is 4.99. The van der Waals surface area contributed by atoms with Crippen LogP contribution in [0.4, 0.5) is 4.79 Å². The lowest BCUT2D eigenvalue weighted by atomic mass is 9.97. The van der Waals surface area contributed by atoms with E-state index >= 15 is 0 Å². The molecule has 1 atom stereocenters. The smallest absolute Gasteiger partial charge is 0.410 e. The van der Waals surface area contributed by atoms with Crippen LogP contribution < -0.4 is 4.74 Å². The first-order valence-electron chi connectivity index (χ1n) is 9.47. The van der Waals surface area contributed by atoms with Crippen LogP contribution >= 0.6 is 0 Å². The van der Waals surface area contributed by atoms with Crippen molar-refractivity contribution in [2.24, 2.45) is 11.0 Å². The van der Waals surface area contributed by atoms with Crippen molar-refractivity contribution in [2.45, 2.75) is 39.2 Å². The summed E-state index contributed by atoms with van der Waals surface area (Å²) in [6, 6.07) is 7.23. The van der Waals surface area contributed by atoms with Gasteiger partial charge < -0.3 is 14.4 Å². The third kappa shape index (κ3) is 4.78. The van der Waals surface area contributed by atoms with E-state index in [0.29, 0.717) is 25.4 Å². The minimum atomic E-state index is -0.777. The normalized spacial score (nSPS) is 22.7. The monoisotopic (exact) mass is 390 g/mol. The zero-order valence-corrected chi connectivity index (χ0v) is 16.5. The summed E-state index contributed by atoms with van der Waals surface area (Å²) in [5, 5.41) is 13.7. The molecule has 0 aliphatic carbocycles. The standard InChI is InChI=1S/C19H26N4O5/c1-4-14-6-5-7-16(10-14)28-18(24)22-9-8-21(17(22)20-23(25)26)12-15-11-19(2,3)27-13-15/h5-7,10,15H,4,8-9,11-13H2,1-3H3. The summed E-state index contributed by atoms with van der Waals surface area (Å²) in [7, 11) is 0. The fourth-order valence-corrected chi connectivity index (χ4v) is 3.70. The molecule has 2 heterocycles. The number of rotatable bonds is 5. The van der Waals surface area contributed by atoms with Crippen molar-refractivity contribution < 1.29 is 19.3 Å². The van der Waals surface area contributed by atoms with Gasteiger partial charge in [-0.2, -0.15) is 0 Å². The van der Waals surface area contributed by atoms with E-state index in [9.17, 15) is 14.9 Å². The van der Waals surface area contributed by atoms with Gasteiger partial charge in [0, 0.05) is 19.0 Å². The van der Waals surface area contributed by atoms with Gasteiger partial charge in [0.05, 0.1) is 18.8 Å². The number of benzene rings is 1. The molecule has 2 fully saturated rings. The Morgan fingerprint density at radius 3 is 2.86 bits per heavy atom. The first-order chi connectivity index (χ1) is 13.3. The number of hydrazone groups is 1. The minimum Gasteiger partial charge on any atom is -0.410 e. The molecule has 2 aliphatic heterocycles. The van der Waals surface area contributed by atoms with Crippen molar-refractivity contribution in [2.75, 3.05) is 26.2 Å². The molecule has 2 aliphatic rings. The molecule has 0 aromatic heterocycles. The fraction of sp³-hybridized carbons (Fsp3) is 0.579. The van der Waals surface area contributed by atoms with Crippen LogP contribution in [0.3, 0.4) is 0 Å². The zero-order valence-electron chi connectivity index (χ0n) is 16.5. The number of ether oxygens (including phenoxy) is 2. The van der Waals surface area contributed by atoms with Gasteiger partial charge in [0.25, 0.3) is 5.96 Å². The number of aryl methyl sites for hydroxylation is 1. The predicted molar refractivity (Wildman–Crippen MR) is 103 cm³/mol. The quantitative estimate of drug-likeness (QED) is 0.566. The Labute approximate surface area is 164 Å². The molecule has 0 saturated carbocycles. The Morgan fingerprint density at radius 1 is 1.43 bits per heavy atom. The maximum atomic E-state index is 12.6. The van der Waals surface area contributed by atoms with Gasteiger partial charge in [-0.25, -0.2) is 19.8 Å². The number of nitro groups is 1. The number of carbonyl (C=O) groups is 1. The lowest BCUT2D eigenvalue weighted by Gasteiger charge is -2.22. The third-order valence-electron chi connectivity index (χ3n) is 4.99. The van der Waals surface area contributed by atoms with Crippen LogP contribution in [-0.2, 0) is 11.2 Å². The van der Waals surface area contributed by atoms with E-state index in [0.717, 1.165) is 18.4 Å². The lowest BCUT2D eigenvalue weighted by Crippen LogP contribution is -2.41. The second-order valence-electron chi connectivity index (χ2n) is 7.75. The molecule has 1 aromatic rings. The number of carbonyl (C=O) groups excluding carboxylic acids is 1. The van der Waals surface area contributed by atoms with Crippen LogP contribution in [0, 0.1) is 16.0 Å². The molecule has 0 spiro atoms. The summed E-state index contributed by atoms with van der Waals surface area (Å²) in [6.45, 7) is 7.95. The molecular formula is C19H26N4O5. The van der Waals surface area contributed by atoms with Gasteiger partial charge in [-0.3, -0.25) is 0 Å². The Kier molecular flexibility index (Phi) is 5.83. The van der Waals surface area contributed by atoms with Crippen LogP contribution in [0.1, 0.15) is 32.8 Å². The van der Waals surface area contributed by atoms with E-state index in [1.165, 1.54) is 4.90 Å². The second-order valence-corrected chi connectivity index (χ2v) is 7.75. The van der Waals surface area contributed by atoms with E-state index in [-0.39, 0.29) is 24.0 Å². The van der Waals surface area contributed by atoms with Crippen molar-refractivity contribution in [3.05, 3.63) is 39.9 Å². The van der Waals surface area contributed by atoms with E-state index < -0.39 is 11.1 Å². The summed E-state index contributed by atoms with van der Waals surface area (Å²) < 4.78 is 11.2. The number of hydrogen-bond acceptors (Lipinski definition) is 5. The number of hydrogen-bond donors (Lipinski definition) is 0. The highest BCUT2D eigenvalue weighted by atomic mass is 16.7. The highest BCUT2D eigenvalue weighted by molar-refractivity contribution is 5.96. The zero-order chi connectivity index (χ0) is 20.3. The van der Waals surface area contributed by atoms with Gasteiger partial charge >= 0.3 is 6.09 Å². The minimum absolute atomic E-state index is 0.0198. The van der Waals surface area contributed by atoms with Gasteiger partial charge in [0.2, 0.25) is 0 Å². The first kappa shape index (κ1) is 20.1. The van der Waals surface area contributed by atoms with Crippen LogP contribution in [0.2, 0.25) is 0 Å².